The van der Waals surface area contributed by atoms with Crippen molar-refractivity contribution >= 4 is 34.8 Å². The molecule has 5 nitrogen and oxygen atoms in total. The second-order valence-corrected chi connectivity index (χ2v) is 8.00. The first-order chi connectivity index (χ1) is 14.9. The Labute approximate surface area is 186 Å². The second kappa shape index (κ2) is 8.44. The Kier molecular flexibility index (Phi) is 5.70. The summed E-state index contributed by atoms with van der Waals surface area (Å²) in [5.41, 5.74) is 4.15. The number of benzene rings is 3. The number of methoxy groups -OCH3 is 1. The number of amides is 2. The number of anilines is 2. The molecule has 0 N–H and O–H groups in total. The van der Waals surface area contributed by atoms with Crippen molar-refractivity contribution < 1.29 is 14.3 Å². The van der Waals surface area contributed by atoms with Crippen LogP contribution in [-0.4, -0.2) is 25.5 Å². The molecule has 3 aromatic carbocycles. The number of aryl methyl sites for hydroxylation is 1. The summed E-state index contributed by atoms with van der Waals surface area (Å²) < 4.78 is 5.26. The molecule has 1 heterocycles. The van der Waals surface area contributed by atoms with Crippen molar-refractivity contribution in [2.45, 2.75) is 19.9 Å². The van der Waals surface area contributed by atoms with Gasteiger partial charge in [0, 0.05) is 16.4 Å². The highest BCUT2D eigenvalue weighted by atomic mass is 35.5. The molecule has 4 rings (SSSR count). The number of nitrogens with zero attached hydrogens (tertiary/aromatic N) is 2. The number of rotatable bonds is 4. The number of carbonyl (C=O) groups is 2. The predicted octanol–water partition coefficient (Wildman–Crippen LogP) is 5.09. The molecule has 0 spiro atoms. The Morgan fingerprint density at radius 1 is 0.935 bits per heavy atom. The van der Waals surface area contributed by atoms with Crippen LogP contribution in [0.2, 0.25) is 5.02 Å². The van der Waals surface area contributed by atoms with Crippen molar-refractivity contribution in [2.75, 3.05) is 23.5 Å². The summed E-state index contributed by atoms with van der Waals surface area (Å²) in [6, 6.07) is 19.2. The lowest BCUT2D eigenvalue weighted by atomic mass is 9.98. The van der Waals surface area contributed by atoms with E-state index < -0.39 is 6.04 Å². The first-order valence-electron chi connectivity index (χ1n) is 10.00. The Bertz CT molecular complexity index is 1130. The number of piperazine rings is 1. The lowest BCUT2D eigenvalue weighted by Gasteiger charge is -2.41. The van der Waals surface area contributed by atoms with Gasteiger partial charge in [-0.2, -0.15) is 0 Å². The fraction of sp³-hybridized carbons (Fsp3) is 0.200. The van der Waals surface area contributed by atoms with Gasteiger partial charge in [-0.25, -0.2) is 0 Å². The van der Waals surface area contributed by atoms with Gasteiger partial charge in [0.25, 0.3) is 5.91 Å². The maximum atomic E-state index is 13.8. The molecule has 0 unspecified atom stereocenters. The number of carbonyl (C=O) groups excluding carboxylic acids is 2. The largest absolute Gasteiger partial charge is 0.497 e. The minimum absolute atomic E-state index is 0.0294. The molecule has 158 valence electrons. The zero-order valence-corrected chi connectivity index (χ0v) is 18.4. The first-order valence-corrected chi connectivity index (χ1v) is 10.4. The lowest BCUT2D eigenvalue weighted by Crippen LogP contribution is -2.56. The predicted molar refractivity (Wildman–Crippen MR) is 123 cm³/mol. The van der Waals surface area contributed by atoms with E-state index in [1.165, 1.54) is 0 Å². The van der Waals surface area contributed by atoms with Crippen LogP contribution >= 0.6 is 11.6 Å². The van der Waals surface area contributed by atoms with Crippen LogP contribution in [0.5, 0.6) is 5.75 Å². The quantitative estimate of drug-likeness (QED) is 0.575. The minimum atomic E-state index is -0.798. The molecule has 0 aliphatic carbocycles. The van der Waals surface area contributed by atoms with Crippen molar-refractivity contribution in [1.29, 1.82) is 0 Å². The molecule has 1 aliphatic rings. The molecular weight excluding hydrogens is 412 g/mol. The summed E-state index contributed by atoms with van der Waals surface area (Å²) in [6.45, 7) is 3.94. The molecule has 1 atom stereocenters. The standard InChI is InChI=1S/C25H23ClN2O3/c1-16-5-4-6-22(17(16)2)27-15-23(29)28(20-11-9-19(26)10-12-20)24(25(27)30)18-7-13-21(31-3)14-8-18/h4-14,24H,15H2,1-3H3/t24-/m1/s1. The van der Waals surface area contributed by atoms with Crippen molar-refractivity contribution in [3.8, 4) is 5.75 Å². The van der Waals surface area contributed by atoms with E-state index in [2.05, 4.69) is 0 Å². The molecule has 1 aliphatic heterocycles. The molecule has 0 radical (unpaired) electrons. The van der Waals surface area contributed by atoms with E-state index in [-0.39, 0.29) is 18.4 Å². The van der Waals surface area contributed by atoms with Crippen LogP contribution < -0.4 is 14.5 Å². The zero-order valence-electron chi connectivity index (χ0n) is 17.6. The van der Waals surface area contributed by atoms with Crippen LogP contribution in [0.15, 0.2) is 66.7 Å². The normalized spacial score (nSPS) is 16.6. The van der Waals surface area contributed by atoms with E-state index in [1.54, 1.807) is 53.3 Å². The molecule has 3 aromatic rings. The highest BCUT2D eigenvalue weighted by Crippen LogP contribution is 2.36. The fourth-order valence-electron chi connectivity index (χ4n) is 3.90. The van der Waals surface area contributed by atoms with Gasteiger partial charge in [0.05, 0.1) is 7.11 Å². The molecule has 1 fully saturated rings. The van der Waals surface area contributed by atoms with Gasteiger partial charge in [0.1, 0.15) is 18.3 Å². The molecule has 6 heteroatoms. The molecule has 31 heavy (non-hydrogen) atoms. The van der Waals surface area contributed by atoms with E-state index in [0.29, 0.717) is 22.0 Å². The van der Waals surface area contributed by atoms with Gasteiger partial charge >= 0.3 is 0 Å². The SMILES string of the molecule is COc1ccc([C@@H]2C(=O)N(c3cccc(C)c3C)CC(=O)N2c2ccc(Cl)cc2)cc1. The van der Waals surface area contributed by atoms with E-state index in [4.69, 9.17) is 16.3 Å². The van der Waals surface area contributed by atoms with Crippen LogP contribution in [0, 0.1) is 13.8 Å². The van der Waals surface area contributed by atoms with Crippen molar-refractivity contribution in [3.05, 3.63) is 88.4 Å². The Hall–Kier alpha value is -3.31. The summed E-state index contributed by atoms with van der Waals surface area (Å²) in [5.74, 6) is 0.361. The summed E-state index contributed by atoms with van der Waals surface area (Å²) in [4.78, 5) is 30.3. The molecule has 2 amide bonds. The highest BCUT2D eigenvalue weighted by molar-refractivity contribution is 6.30. The second-order valence-electron chi connectivity index (χ2n) is 7.56. The minimum Gasteiger partial charge on any atom is -0.497 e. The van der Waals surface area contributed by atoms with Crippen LogP contribution in [0.4, 0.5) is 11.4 Å². The van der Waals surface area contributed by atoms with Crippen LogP contribution in [0.3, 0.4) is 0 Å². The third-order valence-electron chi connectivity index (χ3n) is 5.72. The van der Waals surface area contributed by atoms with Crippen LogP contribution in [0.1, 0.15) is 22.7 Å². The average Bonchev–Trinajstić information content (AvgIpc) is 2.78. The van der Waals surface area contributed by atoms with Gasteiger partial charge in [0.2, 0.25) is 5.91 Å². The number of hydrogen-bond acceptors (Lipinski definition) is 3. The summed E-state index contributed by atoms with van der Waals surface area (Å²) >= 11 is 6.05. The molecule has 0 saturated carbocycles. The van der Waals surface area contributed by atoms with E-state index >= 15 is 0 Å². The summed E-state index contributed by atoms with van der Waals surface area (Å²) in [6.07, 6.45) is 0. The van der Waals surface area contributed by atoms with E-state index in [9.17, 15) is 9.59 Å². The lowest BCUT2D eigenvalue weighted by molar-refractivity contribution is -0.128. The molecule has 0 bridgehead atoms. The third-order valence-corrected chi connectivity index (χ3v) is 5.98. The van der Waals surface area contributed by atoms with Crippen LogP contribution in [0.25, 0.3) is 0 Å². The van der Waals surface area contributed by atoms with E-state index in [1.807, 2.05) is 44.2 Å². The van der Waals surface area contributed by atoms with Gasteiger partial charge in [0.15, 0.2) is 0 Å². The van der Waals surface area contributed by atoms with E-state index in [0.717, 1.165) is 16.8 Å². The Balaban J connectivity index is 1.83. The highest BCUT2D eigenvalue weighted by Gasteiger charge is 2.42. The molecular formula is C25H23ClN2O3. The Morgan fingerprint density at radius 2 is 1.61 bits per heavy atom. The summed E-state index contributed by atoms with van der Waals surface area (Å²) in [7, 11) is 1.59. The van der Waals surface area contributed by atoms with Crippen LogP contribution in [-0.2, 0) is 9.59 Å². The molecule has 1 saturated heterocycles. The maximum Gasteiger partial charge on any atom is 0.255 e. The number of halogens is 1. The molecule has 0 aromatic heterocycles. The fourth-order valence-corrected chi connectivity index (χ4v) is 4.02. The third kappa shape index (κ3) is 3.89. The first kappa shape index (κ1) is 20.9. The van der Waals surface area contributed by atoms with Crippen molar-refractivity contribution in [3.63, 3.8) is 0 Å². The number of ether oxygens (including phenoxy) is 1. The van der Waals surface area contributed by atoms with Gasteiger partial charge in [-0.3, -0.25) is 14.5 Å². The average molecular weight is 435 g/mol. The topological polar surface area (TPSA) is 49.9 Å². The van der Waals surface area contributed by atoms with Crippen molar-refractivity contribution in [2.24, 2.45) is 0 Å². The Morgan fingerprint density at radius 3 is 2.26 bits per heavy atom. The van der Waals surface area contributed by atoms with Gasteiger partial charge in [-0.1, -0.05) is 35.9 Å². The van der Waals surface area contributed by atoms with Gasteiger partial charge in [-0.15, -0.1) is 0 Å². The summed E-state index contributed by atoms with van der Waals surface area (Å²) in [5, 5.41) is 0.567. The number of hydrogen-bond donors (Lipinski definition) is 0. The maximum absolute atomic E-state index is 13.8. The monoisotopic (exact) mass is 434 g/mol. The zero-order chi connectivity index (χ0) is 22.1. The van der Waals surface area contributed by atoms with Gasteiger partial charge < -0.3 is 9.64 Å². The van der Waals surface area contributed by atoms with Crippen molar-refractivity contribution in [1.82, 2.24) is 0 Å². The smallest absolute Gasteiger partial charge is 0.255 e. The van der Waals surface area contributed by atoms with Gasteiger partial charge in [-0.05, 0) is 73.0 Å².